The van der Waals surface area contributed by atoms with Crippen molar-refractivity contribution < 1.29 is 14.8 Å². The largest absolute Gasteiger partial charge is 0.477 e. The molecular formula is C9H8N4O4. The maximum Gasteiger partial charge on any atom is 0.352 e. The molecule has 8 heteroatoms. The summed E-state index contributed by atoms with van der Waals surface area (Å²) in [5, 5.41) is 19.7. The molecule has 8 nitrogen and oxygen atoms in total. The number of nitro groups is 1. The molecule has 0 spiro atoms. The minimum absolute atomic E-state index is 0.124. The van der Waals surface area contributed by atoms with E-state index in [9.17, 15) is 14.9 Å². The topological polar surface area (TPSA) is 111 Å². The Morgan fingerprint density at radius 1 is 1.65 bits per heavy atom. The summed E-state index contributed by atoms with van der Waals surface area (Å²) in [6.07, 6.45) is 2.64. The first-order chi connectivity index (χ1) is 8.04. The predicted molar refractivity (Wildman–Crippen MR) is 56.0 cm³/mol. The summed E-state index contributed by atoms with van der Waals surface area (Å²) in [6.45, 7) is 1.73. The zero-order chi connectivity index (χ0) is 12.6. The molecule has 0 bridgehead atoms. The van der Waals surface area contributed by atoms with Crippen molar-refractivity contribution in [3.05, 3.63) is 33.8 Å². The van der Waals surface area contributed by atoms with Crippen LogP contribution in [0.1, 0.15) is 23.0 Å². The molecule has 0 saturated carbocycles. The van der Waals surface area contributed by atoms with Crippen LogP contribution < -0.4 is 0 Å². The van der Waals surface area contributed by atoms with E-state index in [0.717, 1.165) is 16.8 Å². The summed E-state index contributed by atoms with van der Waals surface area (Å²) >= 11 is 0. The van der Waals surface area contributed by atoms with Gasteiger partial charge in [0.1, 0.15) is 17.5 Å². The standard InChI is InChI=1S/C9H8N4O4/c1-2-6-7(13(16)17)12-4-5(8(14)15)3-10-9(12)11-6/h3-4H,2H2,1H3,(H,14,15). The highest BCUT2D eigenvalue weighted by Gasteiger charge is 2.23. The van der Waals surface area contributed by atoms with Gasteiger partial charge < -0.3 is 15.2 Å². The number of carboxylic acids is 1. The van der Waals surface area contributed by atoms with Gasteiger partial charge >= 0.3 is 17.6 Å². The van der Waals surface area contributed by atoms with Crippen LogP contribution >= 0.6 is 0 Å². The van der Waals surface area contributed by atoms with Gasteiger partial charge in [0.2, 0.25) is 0 Å². The maximum absolute atomic E-state index is 10.9. The zero-order valence-corrected chi connectivity index (χ0v) is 8.82. The van der Waals surface area contributed by atoms with Gasteiger partial charge in [-0.3, -0.25) is 0 Å². The van der Waals surface area contributed by atoms with E-state index in [-0.39, 0.29) is 22.9 Å². The van der Waals surface area contributed by atoms with Gasteiger partial charge in [-0.1, -0.05) is 6.92 Å². The minimum atomic E-state index is -1.19. The number of fused-ring (bicyclic) bond motifs is 1. The number of hydrogen-bond acceptors (Lipinski definition) is 5. The molecule has 2 aromatic heterocycles. The van der Waals surface area contributed by atoms with Crippen LogP contribution in [-0.2, 0) is 6.42 Å². The Bertz CT molecular complexity index is 619. The molecule has 0 fully saturated rings. The molecule has 0 amide bonds. The molecule has 2 rings (SSSR count). The lowest BCUT2D eigenvalue weighted by Gasteiger charge is -1.95. The van der Waals surface area contributed by atoms with Crippen LogP contribution in [0.25, 0.3) is 5.78 Å². The lowest BCUT2D eigenvalue weighted by atomic mass is 10.3. The summed E-state index contributed by atoms with van der Waals surface area (Å²) < 4.78 is 1.09. The third-order valence-electron chi connectivity index (χ3n) is 2.28. The molecule has 17 heavy (non-hydrogen) atoms. The van der Waals surface area contributed by atoms with Crippen molar-refractivity contribution in [2.75, 3.05) is 0 Å². The number of nitrogens with zero attached hydrogens (tertiary/aromatic N) is 4. The lowest BCUT2D eigenvalue weighted by molar-refractivity contribution is -0.391. The summed E-state index contributed by atoms with van der Waals surface area (Å²) in [7, 11) is 0. The van der Waals surface area contributed by atoms with Crippen molar-refractivity contribution in [3.8, 4) is 0 Å². The number of aryl methyl sites for hydroxylation is 1. The lowest BCUT2D eigenvalue weighted by Crippen LogP contribution is -2.03. The molecule has 0 atom stereocenters. The van der Waals surface area contributed by atoms with Crippen LogP contribution in [0, 0.1) is 10.1 Å². The van der Waals surface area contributed by atoms with Crippen LogP contribution in [0.5, 0.6) is 0 Å². The highest BCUT2D eigenvalue weighted by atomic mass is 16.6. The van der Waals surface area contributed by atoms with Crippen molar-refractivity contribution in [1.82, 2.24) is 14.4 Å². The molecule has 0 unspecified atom stereocenters. The number of carboxylic acid groups (broad SMARTS) is 1. The Labute approximate surface area is 94.7 Å². The summed E-state index contributed by atoms with van der Waals surface area (Å²) in [5.74, 6) is -1.31. The highest BCUT2D eigenvalue weighted by Crippen LogP contribution is 2.20. The van der Waals surface area contributed by atoms with E-state index in [1.165, 1.54) is 0 Å². The average Bonchev–Trinajstić information content (AvgIpc) is 2.65. The average molecular weight is 236 g/mol. The molecule has 1 N–H and O–H groups in total. The predicted octanol–water partition coefficient (Wildman–Crippen LogP) is 0.898. The van der Waals surface area contributed by atoms with E-state index in [4.69, 9.17) is 5.11 Å². The van der Waals surface area contributed by atoms with Crippen LogP contribution in [0.3, 0.4) is 0 Å². The first kappa shape index (κ1) is 11.0. The Morgan fingerprint density at radius 2 is 2.35 bits per heavy atom. The molecule has 0 aliphatic heterocycles. The first-order valence-electron chi connectivity index (χ1n) is 4.79. The summed E-state index contributed by atoms with van der Waals surface area (Å²) in [6, 6.07) is 0. The second-order valence-electron chi connectivity index (χ2n) is 3.31. The van der Waals surface area contributed by atoms with E-state index < -0.39 is 10.9 Å². The van der Waals surface area contributed by atoms with E-state index in [1.807, 2.05) is 0 Å². The third kappa shape index (κ3) is 1.69. The van der Waals surface area contributed by atoms with Gasteiger partial charge in [0.25, 0.3) is 0 Å². The van der Waals surface area contributed by atoms with Gasteiger partial charge in [0.05, 0.1) is 6.20 Å². The van der Waals surface area contributed by atoms with E-state index in [2.05, 4.69) is 9.97 Å². The fourth-order valence-electron chi connectivity index (χ4n) is 1.51. The molecule has 2 heterocycles. The number of rotatable bonds is 3. The SMILES string of the molecule is CCc1nc2ncc(C(=O)O)cn2c1[N+](=O)[O-]. The van der Waals surface area contributed by atoms with Gasteiger partial charge in [-0.25, -0.2) is 4.79 Å². The van der Waals surface area contributed by atoms with Gasteiger partial charge in [-0.2, -0.15) is 14.4 Å². The number of carbonyl (C=O) groups is 1. The quantitative estimate of drug-likeness (QED) is 0.626. The Kier molecular flexibility index (Phi) is 2.47. The van der Waals surface area contributed by atoms with E-state index in [1.54, 1.807) is 6.92 Å². The van der Waals surface area contributed by atoms with Crippen molar-refractivity contribution >= 4 is 17.6 Å². The maximum atomic E-state index is 10.9. The van der Waals surface area contributed by atoms with Crippen LogP contribution in [-0.4, -0.2) is 30.4 Å². The fraction of sp³-hybridized carbons (Fsp3) is 0.222. The number of hydrogen-bond donors (Lipinski definition) is 1. The molecule has 0 aromatic carbocycles. The second-order valence-corrected chi connectivity index (χ2v) is 3.31. The molecule has 0 aliphatic carbocycles. The highest BCUT2D eigenvalue weighted by molar-refractivity contribution is 5.87. The molecule has 0 saturated heterocycles. The third-order valence-corrected chi connectivity index (χ3v) is 2.28. The molecule has 88 valence electrons. The normalized spacial score (nSPS) is 10.6. The van der Waals surface area contributed by atoms with E-state index in [0.29, 0.717) is 6.42 Å². The Morgan fingerprint density at radius 3 is 2.88 bits per heavy atom. The van der Waals surface area contributed by atoms with Crippen molar-refractivity contribution in [2.45, 2.75) is 13.3 Å². The number of imidazole rings is 1. The Balaban J connectivity index is 2.78. The molecule has 2 aromatic rings. The van der Waals surface area contributed by atoms with Crippen LogP contribution in [0.2, 0.25) is 0 Å². The van der Waals surface area contributed by atoms with Crippen molar-refractivity contribution in [2.24, 2.45) is 0 Å². The van der Waals surface area contributed by atoms with Gasteiger partial charge in [0, 0.05) is 0 Å². The monoisotopic (exact) mass is 236 g/mol. The zero-order valence-electron chi connectivity index (χ0n) is 8.82. The fourth-order valence-corrected chi connectivity index (χ4v) is 1.51. The molecule has 0 aliphatic rings. The van der Waals surface area contributed by atoms with Crippen LogP contribution in [0.15, 0.2) is 12.4 Å². The number of aromatic carboxylic acids is 1. The smallest absolute Gasteiger partial charge is 0.352 e. The van der Waals surface area contributed by atoms with E-state index >= 15 is 0 Å². The first-order valence-corrected chi connectivity index (χ1v) is 4.79. The summed E-state index contributed by atoms with van der Waals surface area (Å²) in [5.41, 5.74) is 0.158. The number of aromatic nitrogens is 3. The van der Waals surface area contributed by atoms with Crippen molar-refractivity contribution in [1.29, 1.82) is 0 Å². The van der Waals surface area contributed by atoms with Crippen molar-refractivity contribution in [3.63, 3.8) is 0 Å². The van der Waals surface area contributed by atoms with Crippen LogP contribution in [0.4, 0.5) is 5.82 Å². The van der Waals surface area contributed by atoms with Gasteiger partial charge in [-0.05, 0) is 11.3 Å². The van der Waals surface area contributed by atoms with Gasteiger partial charge in [0.15, 0.2) is 0 Å². The second kappa shape index (κ2) is 3.81. The molecule has 0 radical (unpaired) electrons. The summed E-state index contributed by atoms with van der Waals surface area (Å²) in [4.78, 5) is 28.8. The van der Waals surface area contributed by atoms with Gasteiger partial charge in [-0.15, -0.1) is 0 Å². The Hall–Kier alpha value is -2.51. The minimum Gasteiger partial charge on any atom is -0.477 e. The molecular weight excluding hydrogens is 228 g/mol.